The topological polar surface area (TPSA) is 41.8 Å². The Morgan fingerprint density at radius 2 is 1.93 bits per heavy atom. The van der Waals surface area contributed by atoms with Crippen LogP contribution in [0.2, 0.25) is 0 Å². The Morgan fingerprint density at radius 3 is 2.29 bits per heavy atom. The zero-order valence-corrected chi connectivity index (χ0v) is 8.32. The molecule has 14 heavy (non-hydrogen) atoms. The molecule has 0 bridgehead atoms. The second-order valence-electron chi connectivity index (χ2n) is 4.36. The van der Waals surface area contributed by atoms with Crippen LogP contribution in [-0.4, -0.2) is 10.9 Å². The highest BCUT2D eigenvalue weighted by atomic mass is 19.3. The van der Waals surface area contributed by atoms with Gasteiger partial charge in [-0.15, -0.1) is 0 Å². The summed E-state index contributed by atoms with van der Waals surface area (Å²) in [6.45, 7) is 3.77. The molecule has 0 unspecified atom stereocenters. The Labute approximate surface area is 81.5 Å². The van der Waals surface area contributed by atoms with E-state index in [9.17, 15) is 8.78 Å². The predicted octanol–water partition coefficient (Wildman–Crippen LogP) is 2.21. The number of alkyl halides is 2. The van der Waals surface area contributed by atoms with Gasteiger partial charge in [0.05, 0.1) is 5.54 Å². The zero-order chi connectivity index (χ0) is 10.6. The summed E-state index contributed by atoms with van der Waals surface area (Å²) in [5.41, 5.74) is 7.80. The summed E-state index contributed by atoms with van der Waals surface area (Å²) >= 11 is 0. The van der Waals surface area contributed by atoms with Crippen LogP contribution in [-0.2, 0) is 5.54 Å². The molecule has 0 aliphatic heterocycles. The average Bonchev–Trinajstić information content (AvgIpc) is 2.25. The van der Waals surface area contributed by atoms with Gasteiger partial charge in [-0.25, -0.2) is 8.78 Å². The summed E-state index contributed by atoms with van der Waals surface area (Å²) in [7, 11) is 0. The second kappa shape index (κ2) is 2.57. The lowest BCUT2D eigenvalue weighted by molar-refractivity contribution is -0.125. The molecule has 1 aromatic heterocycles. The summed E-state index contributed by atoms with van der Waals surface area (Å²) in [5, 5.41) is 0. The standard InChI is InChI=1S/C10H14F2N2/c1-6-3-8(7(2)14-6)9(13)4-10(11,12)5-9/h3,14H,4-5,13H2,1-2H3. The molecule has 0 atom stereocenters. The molecule has 0 saturated heterocycles. The van der Waals surface area contributed by atoms with Crippen molar-refractivity contribution >= 4 is 0 Å². The summed E-state index contributed by atoms with van der Waals surface area (Å²) < 4.78 is 25.5. The molecule has 1 heterocycles. The molecule has 0 radical (unpaired) electrons. The number of nitrogens with one attached hydrogen (secondary N) is 1. The van der Waals surface area contributed by atoms with Crippen molar-refractivity contribution in [3.05, 3.63) is 23.0 Å². The highest BCUT2D eigenvalue weighted by Gasteiger charge is 2.55. The van der Waals surface area contributed by atoms with Gasteiger partial charge in [-0.2, -0.15) is 0 Å². The number of hydrogen-bond acceptors (Lipinski definition) is 1. The molecule has 1 fully saturated rings. The van der Waals surface area contributed by atoms with Crippen LogP contribution in [0, 0.1) is 13.8 Å². The Hall–Kier alpha value is -0.900. The third-order valence-electron chi connectivity index (χ3n) is 2.83. The third kappa shape index (κ3) is 1.34. The van der Waals surface area contributed by atoms with Gasteiger partial charge >= 0.3 is 0 Å². The van der Waals surface area contributed by atoms with E-state index >= 15 is 0 Å². The van der Waals surface area contributed by atoms with Crippen LogP contribution in [0.1, 0.15) is 29.8 Å². The first-order valence-corrected chi connectivity index (χ1v) is 4.66. The van der Waals surface area contributed by atoms with Crippen LogP contribution in [0.3, 0.4) is 0 Å². The monoisotopic (exact) mass is 200 g/mol. The van der Waals surface area contributed by atoms with Crippen molar-refractivity contribution in [3.8, 4) is 0 Å². The van der Waals surface area contributed by atoms with E-state index in [1.165, 1.54) is 0 Å². The summed E-state index contributed by atoms with van der Waals surface area (Å²) in [5.74, 6) is -2.58. The third-order valence-corrected chi connectivity index (χ3v) is 2.83. The Morgan fingerprint density at radius 1 is 1.36 bits per heavy atom. The molecule has 2 rings (SSSR count). The molecule has 3 N–H and O–H groups in total. The van der Waals surface area contributed by atoms with Gasteiger partial charge in [0, 0.05) is 24.2 Å². The van der Waals surface area contributed by atoms with Crippen LogP contribution >= 0.6 is 0 Å². The van der Waals surface area contributed by atoms with Crippen LogP contribution < -0.4 is 5.73 Å². The Kier molecular flexibility index (Phi) is 1.77. The molecule has 0 aromatic carbocycles. The number of aryl methyl sites for hydroxylation is 2. The number of aromatic amines is 1. The number of nitrogens with two attached hydrogens (primary N) is 1. The molecular weight excluding hydrogens is 186 g/mol. The van der Waals surface area contributed by atoms with E-state index in [0.717, 1.165) is 17.0 Å². The number of H-pyrrole nitrogens is 1. The molecule has 1 aromatic rings. The lowest BCUT2D eigenvalue weighted by atomic mass is 9.70. The van der Waals surface area contributed by atoms with E-state index < -0.39 is 11.5 Å². The number of rotatable bonds is 1. The van der Waals surface area contributed by atoms with E-state index in [1.54, 1.807) is 0 Å². The smallest absolute Gasteiger partial charge is 0.252 e. The van der Waals surface area contributed by atoms with Gasteiger partial charge in [-0.1, -0.05) is 0 Å². The molecule has 1 saturated carbocycles. The molecular formula is C10H14F2N2. The van der Waals surface area contributed by atoms with Gasteiger partial charge < -0.3 is 10.7 Å². The highest BCUT2D eigenvalue weighted by molar-refractivity contribution is 5.35. The largest absolute Gasteiger partial charge is 0.362 e. The minimum atomic E-state index is -2.58. The fourth-order valence-electron chi connectivity index (χ4n) is 2.30. The first kappa shape index (κ1) is 9.65. The van der Waals surface area contributed by atoms with Crippen molar-refractivity contribution < 1.29 is 8.78 Å². The normalized spacial score (nSPS) is 23.2. The van der Waals surface area contributed by atoms with Gasteiger partial charge in [-0.3, -0.25) is 0 Å². The summed E-state index contributed by atoms with van der Waals surface area (Å²) in [6.07, 6.45) is -0.476. The predicted molar refractivity (Wildman–Crippen MR) is 50.3 cm³/mol. The maximum absolute atomic E-state index is 12.8. The van der Waals surface area contributed by atoms with E-state index in [1.807, 2.05) is 19.9 Å². The first-order valence-electron chi connectivity index (χ1n) is 4.66. The van der Waals surface area contributed by atoms with Crippen molar-refractivity contribution in [2.75, 3.05) is 0 Å². The molecule has 0 amide bonds. The lowest BCUT2D eigenvalue weighted by Crippen LogP contribution is -2.55. The van der Waals surface area contributed by atoms with E-state index in [4.69, 9.17) is 5.73 Å². The van der Waals surface area contributed by atoms with Gasteiger partial charge in [-0.05, 0) is 25.5 Å². The highest BCUT2D eigenvalue weighted by Crippen LogP contribution is 2.50. The van der Waals surface area contributed by atoms with Crippen molar-refractivity contribution in [1.29, 1.82) is 0 Å². The maximum Gasteiger partial charge on any atom is 0.252 e. The summed E-state index contributed by atoms with van der Waals surface area (Å²) in [6, 6.07) is 1.87. The first-order chi connectivity index (χ1) is 6.32. The van der Waals surface area contributed by atoms with E-state index in [0.29, 0.717) is 0 Å². The second-order valence-corrected chi connectivity index (χ2v) is 4.36. The van der Waals surface area contributed by atoms with Crippen molar-refractivity contribution in [3.63, 3.8) is 0 Å². The van der Waals surface area contributed by atoms with Gasteiger partial charge in [0.2, 0.25) is 0 Å². The molecule has 4 heteroatoms. The van der Waals surface area contributed by atoms with Crippen LogP contribution in [0.15, 0.2) is 6.07 Å². The van der Waals surface area contributed by atoms with Crippen LogP contribution in [0.25, 0.3) is 0 Å². The SMILES string of the molecule is Cc1cc(C2(N)CC(F)(F)C2)c(C)[nH]1. The quantitative estimate of drug-likeness (QED) is 0.717. The van der Waals surface area contributed by atoms with Crippen molar-refractivity contribution in [2.24, 2.45) is 5.73 Å². The molecule has 78 valence electrons. The molecule has 1 aliphatic carbocycles. The van der Waals surface area contributed by atoms with Crippen LogP contribution in [0.5, 0.6) is 0 Å². The van der Waals surface area contributed by atoms with E-state index in [2.05, 4.69) is 4.98 Å². The average molecular weight is 200 g/mol. The summed E-state index contributed by atoms with van der Waals surface area (Å²) in [4.78, 5) is 3.08. The number of aromatic nitrogens is 1. The van der Waals surface area contributed by atoms with Gasteiger partial charge in [0.25, 0.3) is 5.92 Å². The number of hydrogen-bond donors (Lipinski definition) is 2. The van der Waals surface area contributed by atoms with Crippen molar-refractivity contribution in [1.82, 2.24) is 4.98 Å². The maximum atomic E-state index is 12.8. The zero-order valence-electron chi connectivity index (χ0n) is 8.32. The number of halogens is 2. The van der Waals surface area contributed by atoms with Gasteiger partial charge in [0.1, 0.15) is 0 Å². The Bertz CT molecular complexity index is 360. The molecule has 1 aliphatic rings. The fraction of sp³-hybridized carbons (Fsp3) is 0.600. The minimum absolute atomic E-state index is 0.238. The Balaban J connectivity index is 2.29. The van der Waals surface area contributed by atoms with E-state index in [-0.39, 0.29) is 12.8 Å². The van der Waals surface area contributed by atoms with Gasteiger partial charge in [0.15, 0.2) is 0 Å². The molecule has 2 nitrogen and oxygen atoms in total. The lowest BCUT2D eigenvalue weighted by Gasteiger charge is -2.44. The van der Waals surface area contributed by atoms with Crippen molar-refractivity contribution in [2.45, 2.75) is 38.2 Å². The minimum Gasteiger partial charge on any atom is -0.362 e. The molecule has 0 spiro atoms. The fourth-order valence-corrected chi connectivity index (χ4v) is 2.30. The van der Waals surface area contributed by atoms with Crippen LogP contribution in [0.4, 0.5) is 8.78 Å².